The Morgan fingerprint density at radius 3 is 2.84 bits per heavy atom. The summed E-state index contributed by atoms with van der Waals surface area (Å²) in [5.74, 6) is -0.976. The molecule has 0 bridgehead atoms. The van der Waals surface area contributed by atoms with Crippen LogP contribution in [0.3, 0.4) is 0 Å². The van der Waals surface area contributed by atoms with Gasteiger partial charge in [0.15, 0.2) is 0 Å². The van der Waals surface area contributed by atoms with Crippen LogP contribution in [-0.4, -0.2) is 23.3 Å². The zero-order valence-corrected chi connectivity index (χ0v) is 11.4. The number of thiocarbonyl (C=S) groups is 1. The van der Waals surface area contributed by atoms with Crippen LogP contribution in [0.15, 0.2) is 24.3 Å². The third-order valence-corrected chi connectivity index (χ3v) is 3.37. The summed E-state index contributed by atoms with van der Waals surface area (Å²) in [7, 11) is 0. The number of nitrogens with one attached hydrogen (secondary N) is 1. The molecule has 100 valence electrons. The number of para-hydroxylation sites is 2. The molecular weight excluding hydrogens is 262 g/mol. The normalized spacial score (nSPS) is 15.4. The SMILES string of the molecule is CCC(C(=O)N1CC(=O)Nc2ccccc21)C(N)=S. The highest BCUT2D eigenvalue weighted by molar-refractivity contribution is 7.80. The van der Waals surface area contributed by atoms with E-state index >= 15 is 0 Å². The number of benzene rings is 1. The van der Waals surface area contributed by atoms with Gasteiger partial charge in [0.05, 0.1) is 22.3 Å². The molecule has 0 saturated heterocycles. The van der Waals surface area contributed by atoms with Gasteiger partial charge in [-0.25, -0.2) is 0 Å². The molecule has 0 spiro atoms. The number of amides is 2. The van der Waals surface area contributed by atoms with Crippen molar-refractivity contribution in [3.05, 3.63) is 24.3 Å². The van der Waals surface area contributed by atoms with Crippen molar-refractivity contribution < 1.29 is 9.59 Å². The molecule has 19 heavy (non-hydrogen) atoms. The van der Waals surface area contributed by atoms with Gasteiger partial charge in [-0.15, -0.1) is 0 Å². The number of nitrogens with zero attached hydrogens (tertiary/aromatic N) is 1. The first kappa shape index (κ1) is 13.5. The number of rotatable bonds is 3. The fraction of sp³-hybridized carbons (Fsp3) is 0.308. The molecule has 1 atom stereocenters. The van der Waals surface area contributed by atoms with Gasteiger partial charge < -0.3 is 16.0 Å². The fourth-order valence-corrected chi connectivity index (χ4v) is 2.38. The molecule has 1 aliphatic heterocycles. The Morgan fingerprint density at radius 2 is 2.21 bits per heavy atom. The largest absolute Gasteiger partial charge is 0.393 e. The van der Waals surface area contributed by atoms with Gasteiger partial charge in [-0.2, -0.15) is 0 Å². The second kappa shape index (κ2) is 5.36. The Balaban J connectivity index is 2.37. The van der Waals surface area contributed by atoms with Crippen molar-refractivity contribution in [3.63, 3.8) is 0 Å². The number of hydrogen-bond acceptors (Lipinski definition) is 3. The minimum absolute atomic E-state index is 0.00500. The van der Waals surface area contributed by atoms with Crippen LogP contribution < -0.4 is 16.0 Å². The number of nitrogens with two attached hydrogens (primary N) is 1. The van der Waals surface area contributed by atoms with Crippen LogP contribution in [0.5, 0.6) is 0 Å². The van der Waals surface area contributed by atoms with Crippen molar-refractivity contribution in [1.82, 2.24) is 0 Å². The number of carbonyl (C=O) groups is 2. The molecule has 0 saturated carbocycles. The van der Waals surface area contributed by atoms with Gasteiger partial charge in [-0.1, -0.05) is 31.3 Å². The van der Waals surface area contributed by atoms with Gasteiger partial charge >= 0.3 is 0 Å². The Kier molecular flexibility index (Phi) is 3.80. The fourth-order valence-electron chi connectivity index (χ4n) is 2.12. The molecule has 1 aliphatic rings. The maximum absolute atomic E-state index is 12.5. The Labute approximate surface area is 116 Å². The number of carbonyl (C=O) groups excluding carboxylic acids is 2. The zero-order valence-electron chi connectivity index (χ0n) is 10.6. The number of anilines is 2. The lowest BCUT2D eigenvalue weighted by atomic mass is 10.0. The smallest absolute Gasteiger partial charge is 0.244 e. The average Bonchev–Trinajstić information content (AvgIpc) is 2.37. The average molecular weight is 277 g/mol. The lowest BCUT2D eigenvalue weighted by Gasteiger charge is -2.31. The van der Waals surface area contributed by atoms with Gasteiger partial charge in [0, 0.05) is 0 Å². The summed E-state index contributed by atoms with van der Waals surface area (Å²) >= 11 is 4.92. The standard InChI is InChI=1S/C13H15N3O2S/c1-2-8(12(14)19)13(18)16-7-11(17)15-9-5-3-4-6-10(9)16/h3-6,8H,2,7H2,1H3,(H2,14,19)(H,15,17). The minimum atomic E-state index is -0.533. The van der Waals surface area contributed by atoms with E-state index in [1.807, 2.05) is 13.0 Å². The van der Waals surface area contributed by atoms with Crippen LogP contribution in [0.4, 0.5) is 11.4 Å². The van der Waals surface area contributed by atoms with Crippen molar-refractivity contribution in [2.45, 2.75) is 13.3 Å². The highest BCUT2D eigenvalue weighted by Crippen LogP contribution is 2.30. The first-order chi connectivity index (χ1) is 9.04. The number of fused-ring (bicyclic) bond motifs is 1. The molecule has 1 aromatic rings. The van der Waals surface area contributed by atoms with Gasteiger partial charge in [-0.3, -0.25) is 9.59 Å². The van der Waals surface area contributed by atoms with E-state index in [4.69, 9.17) is 18.0 Å². The van der Waals surface area contributed by atoms with Crippen LogP contribution >= 0.6 is 12.2 Å². The molecule has 3 N–H and O–H groups in total. The molecule has 2 rings (SSSR count). The molecule has 6 heteroatoms. The second-order valence-electron chi connectivity index (χ2n) is 4.35. The summed E-state index contributed by atoms with van der Waals surface area (Å²) in [4.78, 5) is 25.7. The van der Waals surface area contributed by atoms with E-state index in [1.165, 1.54) is 4.90 Å². The van der Waals surface area contributed by atoms with Crippen LogP contribution in [0.1, 0.15) is 13.3 Å². The van der Waals surface area contributed by atoms with E-state index in [-0.39, 0.29) is 23.3 Å². The maximum atomic E-state index is 12.5. The maximum Gasteiger partial charge on any atom is 0.244 e. The van der Waals surface area contributed by atoms with E-state index in [1.54, 1.807) is 18.2 Å². The van der Waals surface area contributed by atoms with Gasteiger partial charge in [0.25, 0.3) is 0 Å². The molecule has 0 aliphatic carbocycles. The van der Waals surface area contributed by atoms with Crippen LogP contribution in [0.2, 0.25) is 0 Å². The predicted octanol–water partition coefficient (Wildman–Crippen LogP) is 1.28. The van der Waals surface area contributed by atoms with Crippen molar-refractivity contribution in [2.24, 2.45) is 11.7 Å². The van der Waals surface area contributed by atoms with Crippen molar-refractivity contribution in [2.75, 3.05) is 16.8 Å². The van der Waals surface area contributed by atoms with Crippen LogP contribution in [-0.2, 0) is 9.59 Å². The predicted molar refractivity (Wildman–Crippen MR) is 78.0 cm³/mol. The minimum Gasteiger partial charge on any atom is -0.393 e. The van der Waals surface area contributed by atoms with E-state index in [9.17, 15) is 9.59 Å². The molecule has 0 fully saturated rings. The first-order valence-electron chi connectivity index (χ1n) is 6.04. The molecule has 0 aromatic heterocycles. The summed E-state index contributed by atoms with van der Waals surface area (Å²) in [5, 5.41) is 2.73. The van der Waals surface area contributed by atoms with Gasteiger partial charge in [0.1, 0.15) is 6.54 Å². The van der Waals surface area contributed by atoms with Crippen molar-refractivity contribution in [1.29, 1.82) is 0 Å². The zero-order chi connectivity index (χ0) is 14.0. The molecule has 2 amide bonds. The highest BCUT2D eigenvalue weighted by atomic mass is 32.1. The van der Waals surface area contributed by atoms with E-state index < -0.39 is 5.92 Å². The summed E-state index contributed by atoms with van der Waals surface area (Å²) < 4.78 is 0. The van der Waals surface area contributed by atoms with Crippen molar-refractivity contribution in [3.8, 4) is 0 Å². The van der Waals surface area contributed by atoms with Gasteiger partial charge in [-0.05, 0) is 18.6 Å². The lowest BCUT2D eigenvalue weighted by Crippen LogP contribution is -2.47. The third kappa shape index (κ3) is 2.58. The Bertz CT molecular complexity index is 544. The molecule has 1 aromatic carbocycles. The van der Waals surface area contributed by atoms with Crippen LogP contribution in [0.25, 0.3) is 0 Å². The highest BCUT2D eigenvalue weighted by Gasteiger charge is 2.31. The first-order valence-corrected chi connectivity index (χ1v) is 6.45. The summed E-state index contributed by atoms with van der Waals surface area (Å²) in [6.07, 6.45) is 0.522. The summed E-state index contributed by atoms with van der Waals surface area (Å²) in [6.45, 7) is 1.84. The lowest BCUT2D eigenvalue weighted by molar-refractivity contribution is -0.123. The van der Waals surface area contributed by atoms with Crippen molar-refractivity contribution >= 4 is 40.4 Å². The summed E-state index contributed by atoms with van der Waals surface area (Å²) in [6, 6.07) is 7.17. The Hall–Kier alpha value is -1.95. The molecule has 1 heterocycles. The molecule has 0 radical (unpaired) electrons. The van der Waals surface area contributed by atoms with E-state index in [2.05, 4.69) is 5.32 Å². The summed E-state index contributed by atoms with van der Waals surface area (Å²) in [5.41, 5.74) is 6.90. The van der Waals surface area contributed by atoms with E-state index in [0.717, 1.165) is 0 Å². The second-order valence-corrected chi connectivity index (χ2v) is 4.82. The Morgan fingerprint density at radius 1 is 1.53 bits per heavy atom. The topological polar surface area (TPSA) is 75.4 Å². The molecular formula is C13H15N3O2S. The third-order valence-electron chi connectivity index (χ3n) is 3.09. The number of hydrogen-bond donors (Lipinski definition) is 2. The molecule has 1 unspecified atom stereocenters. The monoisotopic (exact) mass is 277 g/mol. The van der Waals surface area contributed by atoms with Crippen LogP contribution in [0, 0.1) is 5.92 Å². The van der Waals surface area contributed by atoms with E-state index in [0.29, 0.717) is 17.8 Å². The molecule has 5 nitrogen and oxygen atoms in total. The quantitative estimate of drug-likeness (QED) is 0.816. The van der Waals surface area contributed by atoms with Gasteiger partial charge in [0.2, 0.25) is 11.8 Å².